The molecule has 0 spiro atoms. The van der Waals surface area contributed by atoms with Crippen molar-refractivity contribution in [2.75, 3.05) is 17.5 Å². The number of benzene rings is 3. The van der Waals surface area contributed by atoms with Gasteiger partial charge in [0.15, 0.2) is 0 Å². The van der Waals surface area contributed by atoms with E-state index in [0.717, 1.165) is 15.7 Å². The molecule has 0 fully saturated rings. The molecule has 3 aromatic carbocycles. The Bertz CT molecular complexity index is 1650. The number of anilines is 1. The molecule has 0 bridgehead atoms. The van der Waals surface area contributed by atoms with Crippen molar-refractivity contribution in [3.63, 3.8) is 0 Å². The van der Waals surface area contributed by atoms with E-state index < -0.39 is 22.5 Å². The first-order valence-corrected chi connectivity index (χ1v) is 14.2. The molecule has 0 aliphatic heterocycles. The lowest BCUT2D eigenvalue weighted by atomic mass is 10.2. The molecule has 0 saturated heterocycles. The van der Waals surface area contributed by atoms with Crippen molar-refractivity contribution in [3.8, 4) is 11.4 Å². The second-order valence-electron chi connectivity index (χ2n) is 8.77. The summed E-state index contributed by atoms with van der Waals surface area (Å²) < 4.78 is 50.1. The Balaban J connectivity index is 1.60. The Morgan fingerprint density at radius 1 is 1.07 bits per heavy atom. The number of para-hydroxylation sites is 3. The van der Waals surface area contributed by atoms with Crippen LogP contribution in [-0.2, 0) is 14.8 Å². The van der Waals surface area contributed by atoms with Crippen LogP contribution in [0.1, 0.15) is 23.9 Å². The highest BCUT2D eigenvalue weighted by atomic mass is 35.5. The molecule has 1 N–H and O–H groups in total. The van der Waals surface area contributed by atoms with Crippen LogP contribution in [0.2, 0.25) is 5.02 Å². The van der Waals surface area contributed by atoms with E-state index in [0.29, 0.717) is 28.6 Å². The van der Waals surface area contributed by atoms with Crippen LogP contribution in [0.5, 0.6) is 5.75 Å². The van der Waals surface area contributed by atoms with E-state index in [9.17, 15) is 17.6 Å². The first-order chi connectivity index (χ1) is 19.1. The summed E-state index contributed by atoms with van der Waals surface area (Å²) in [5.74, 6) is -0.738. The Morgan fingerprint density at radius 2 is 1.75 bits per heavy atom. The monoisotopic (exact) mass is 582 g/mol. The Kier molecular flexibility index (Phi) is 8.91. The molecule has 1 aromatic heterocycles. The fourth-order valence-corrected chi connectivity index (χ4v) is 5.79. The van der Waals surface area contributed by atoms with E-state index in [4.69, 9.17) is 16.3 Å². The molecule has 11 heteroatoms. The molecule has 4 aromatic rings. The zero-order valence-electron chi connectivity index (χ0n) is 22.1. The quantitative estimate of drug-likeness (QED) is 0.194. The van der Waals surface area contributed by atoms with Crippen LogP contribution in [0.25, 0.3) is 5.69 Å². The summed E-state index contributed by atoms with van der Waals surface area (Å²) in [4.78, 5) is 13.0. The molecule has 0 saturated carbocycles. The summed E-state index contributed by atoms with van der Waals surface area (Å²) in [6.07, 6.45) is 1.43. The van der Waals surface area contributed by atoms with E-state index in [1.54, 1.807) is 54.0 Å². The van der Waals surface area contributed by atoms with Crippen LogP contribution in [0.4, 0.5) is 10.1 Å². The summed E-state index contributed by atoms with van der Waals surface area (Å²) >= 11 is 5.95. The van der Waals surface area contributed by atoms with Gasteiger partial charge < -0.3 is 9.30 Å². The van der Waals surface area contributed by atoms with E-state index in [1.807, 2.05) is 19.9 Å². The number of carbonyl (C=O) groups is 1. The first kappa shape index (κ1) is 28.8. The fourth-order valence-electron chi connectivity index (χ4n) is 4.24. The number of carbonyl (C=O) groups excluding carboxylic acids is 1. The van der Waals surface area contributed by atoms with Crippen molar-refractivity contribution >= 4 is 39.4 Å². The third kappa shape index (κ3) is 6.19. The number of nitrogens with zero attached hydrogens (tertiary/aromatic N) is 3. The molecule has 0 aliphatic rings. The van der Waals surface area contributed by atoms with Crippen molar-refractivity contribution < 1.29 is 22.3 Å². The average molecular weight is 583 g/mol. The van der Waals surface area contributed by atoms with Crippen LogP contribution in [0.15, 0.2) is 88.9 Å². The van der Waals surface area contributed by atoms with Crippen molar-refractivity contribution in [1.29, 1.82) is 0 Å². The minimum Gasteiger partial charge on any atom is -0.492 e. The normalized spacial score (nSPS) is 11.5. The number of ether oxygens (including phenoxy) is 1. The number of rotatable bonds is 10. The molecule has 208 valence electrons. The molecule has 8 nitrogen and oxygen atoms in total. The predicted octanol–water partition coefficient (Wildman–Crippen LogP) is 5.63. The molecule has 4 rings (SSSR count). The molecule has 0 atom stereocenters. The topological polar surface area (TPSA) is 93.0 Å². The van der Waals surface area contributed by atoms with Crippen molar-refractivity contribution in [2.45, 2.75) is 25.7 Å². The van der Waals surface area contributed by atoms with Gasteiger partial charge in [-0.15, -0.1) is 0 Å². The molecule has 0 radical (unpaired) electrons. The summed E-state index contributed by atoms with van der Waals surface area (Å²) in [5.41, 5.74) is 5.16. The molecule has 0 aliphatic carbocycles. The first-order valence-electron chi connectivity index (χ1n) is 12.4. The van der Waals surface area contributed by atoms with Gasteiger partial charge in [0.1, 0.15) is 18.1 Å². The van der Waals surface area contributed by atoms with E-state index in [-0.39, 0.29) is 16.4 Å². The third-order valence-electron chi connectivity index (χ3n) is 6.08. The van der Waals surface area contributed by atoms with Gasteiger partial charge in [0.2, 0.25) is 0 Å². The van der Waals surface area contributed by atoms with Gasteiger partial charge >= 0.3 is 0 Å². The van der Waals surface area contributed by atoms with Gasteiger partial charge in [0.25, 0.3) is 15.9 Å². The van der Waals surface area contributed by atoms with E-state index in [2.05, 4.69) is 10.5 Å². The summed E-state index contributed by atoms with van der Waals surface area (Å²) in [7, 11) is -4.18. The second-order valence-corrected chi connectivity index (χ2v) is 11.1. The van der Waals surface area contributed by atoms with Gasteiger partial charge in [-0.2, -0.15) is 5.10 Å². The molecule has 40 heavy (non-hydrogen) atoms. The van der Waals surface area contributed by atoms with Crippen molar-refractivity contribution in [3.05, 3.63) is 107 Å². The van der Waals surface area contributed by atoms with E-state index >= 15 is 0 Å². The number of halogens is 2. The number of aryl methyl sites for hydroxylation is 1. The fraction of sp³-hybridized carbons (Fsp3) is 0.172. The van der Waals surface area contributed by atoms with E-state index in [1.165, 1.54) is 36.5 Å². The lowest BCUT2D eigenvalue weighted by molar-refractivity contribution is -0.119. The van der Waals surface area contributed by atoms with Crippen LogP contribution >= 0.6 is 11.6 Å². The standard InChI is InChI=1S/C29H28ClFN4O4S/c1-4-39-28-12-8-7-11-27(28)34(40(37,38)24-15-13-23(30)14-16-24)19-29(36)33-32-18-22-17-20(2)35(21(22)3)26-10-6-5-9-25(26)31/h5-18H,4,19H2,1-3H3,(H,33,36)/b32-18-. The molecular weight excluding hydrogens is 555 g/mol. The molecule has 0 unspecified atom stereocenters. The summed E-state index contributed by atoms with van der Waals surface area (Å²) in [6, 6.07) is 20.5. The number of hydrazone groups is 1. The van der Waals surface area contributed by atoms with Crippen LogP contribution in [0.3, 0.4) is 0 Å². The highest BCUT2D eigenvalue weighted by molar-refractivity contribution is 7.92. The number of nitrogens with one attached hydrogen (secondary N) is 1. The largest absolute Gasteiger partial charge is 0.492 e. The van der Waals surface area contributed by atoms with Crippen molar-refractivity contribution in [2.24, 2.45) is 5.10 Å². The Morgan fingerprint density at radius 3 is 2.45 bits per heavy atom. The minimum atomic E-state index is -4.18. The van der Waals surface area contributed by atoms with Gasteiger partial charge in [0, 0.05) is 22.0 Å². The SMILES string of the molecule is CCOc1ccccc1N(CC(=O)N/N=C\c1cc(C)n(-c2ccccc2F)c1C)S(=O)(=O)c1ccc(Cl)cc1. The third-order valence-corrected chi connectivity index (χ3v) is 8.11. The number of aromatic nitrogens is 1. The highest BCUT2D eigenvalue weighted by Gasteiger charge is 2.29. The van der Waals surface area contributed by atoms with Gasteiger partial charge in [-0.1, -0.05) is 35.9 Å². The summed E-state index contributed by atoms with van der Waals surface area (Å²) in [5, 5.41) is 4.42. The smallest absolute Gasteiger partial charge is 0.264 e. The lowest BCUT2D eigenvalue weighted by Gasteiger charge is -2.25. The lowest BCUT2D eigenvalue weighted by Crippen LogP contribution is -2.39. The average Bonchev–Trinajstić information content (AvgIpc) is 3.21. The van der Waals surface area contributed by atoms with Crippen LogP contribution < -0.4 is 14.5 Å². The maximum Gasteiger partial charge on any atom is 0.264 e. The molecule has 1 amide bonds. The zero-order valence-corrected chi connectivity index (χ0v) is 23.7. The Hall–Kier alpha value is -4.15. The number of sulfonamides is 1. The molecular formula is C29H28ClFN4O4S. The number of hydrogen-bond donors (Lipinski definition) is 1. The predicted molar refractivity (Wildman–Crippen MR) is 155 cm³/mol. The van der Waals surface area contributed by atoms with Crippen LogP contribution in [-0.4, -0.2) is 38.3 Å². The number of hydrogen-bond acceptors (Lipinski definition) is 5. The van der Waals surface area contributed by atoms with Gasteiger partial charge in [0.05, 0.1) is 29.1 Å². The van der Waals surface area contributed by atoms with Crippen LogP contribution in [0, 0.1) is 19.7 Å². The maximum absolute atomic E-state index is 14.4. The minimum absolute atomic E-state index is 0.0416. The van der Waals surface area contributed by atoms with Gasteiger partial charge in [-0.05, 0) is 75.4 Å². The van der Waals surface area contributed by atoms with Gasteiger partial charge in [-0.25, -0.2) is 18.2 Å². The number of amides is 1. The second kappa shape index (κ2) is 12.4. The maximum atomic E-state index is 14.4. The molecule has 1 heterocycles. The highest BCUT2D eigenvalue weighted by Crippen LogP contribution is 2.32. The Labute approximate surface area is 237 Å². The summed E-state index contributed by atoms with van der Waals surface area (Å²) in [6.45, 7) is 5.16. The van der Waals surface area contributed by atoms with Gasteiger partial charge in [-0.3, -0.25) is 9.10 Å². The van der Waals surface area contributed by atoms with Crippen molar-refractivity contribution in [1.82, 2.24) is 9.99 Å². The zero-order chi connectivity index (χ0) is 28.9.